The van der Waals surface area contributed by atoms with Gasteiger partial charge in [-0.15, -0.1) is 0 Å². The van der Waals surface area contributed by atoms with Gasteiger partial charge in [-0.1, -0.05) is 35.9 Å². The molecular formula is C15H11ClF2O. The summed E-state index contributed by atoms with van der Waals surface area (Å²) in [7, 11) is 0. The first-order valence-electron chi connectivity index (χ1n) is 5.72. The molecule has 0 aliphatic carbocycles. The van der Waals surface area contributed by atoms with Crippen LogP contribution < -0.4 is 0 Å². The molecule has 4 heteroatoms. The molecule has 98 valence electrons. The van der Waals surface area contributed by atoms with E-state index in [1.165, 1.54) is 12.1 Å². The highest BCUT2D eigenvalue weighted by molar-refractivity contribution is 6.31. The van der Waals surface area contributed by atoms with Crippen molar-refractivity contribution in [1.82, 2.24) is 0 Å². The molecule has 0 bridgehead atoms. The molecule has 0 amide bonds. The predicted molar refractivity (Wildman–Crippen MR) is 70.6 cm³/mol. The Balaban J connectivity index is 2.31. The number of halogens is 3. The number of rotatable bonds is 3. The third kappa shape index (κ3) is 2.82. The molecule has 0 fully saturated rings. The maximum absolute atomic E-state index is 13.5. The predicted octanol–water partition coefficient (Wildman–Crippen LogP) is 4.35. The van der Waals surface area contributed by atoms with E-state index >= 15 is 0 Å². The van der Waals surface area contributed by atoms with Crippen LogP contribution in [0.2, 0.25) is 5.02 Å². The molecule has 0 atom stereocenters. The molecule has 0 aromatic heterocycles. The fourth-order valence-electron chi connectivity index (χ4n) is 1.86. The third-order valence-corrected chi connectivity index (χ3v) is 3.36. The van der Waals surface area contributed by atoms with Gasteiger partial charge in [0.1, 0.15) is 0 Å². The van der Waals surface area contributed by atoms with Gasteiger partial charge < -0.3 is 0 Å². The molecule has 1 nitrogen and oxygen atoms in total. The first-order valence-corrected chi connectivity index (χ1v) is 6.09. The second kappa shape index (κ2) is 5.49. The van der Waals surface area contributed by atoms with Crippen molar-refractivity contribution < 1.29 is 13.6 Å². The number of benzene rings is 2. The highest BCUT2D eigenvalue weighted by Crippen LogP contribution is 2.21. The Morgan fingerprint density at radius 2 is 1.84 bits per heavy atom. The molecule has 0 unspecified atom stereocenters. The second-order valence-corrected chi connectivity index (χ2v) is 4.63. The Kier molecular flexibility index (Phi) is 3.96. The van der Waals surface area contributed by atoms with Crippen molar-refractivity contribution >= 4 is 17.4 Å². The van der Waals surface area contributed by atoms with Gasteiger partial charge >= 0.3 is 0 Å². The molecule has 0 spiro atoms. The van der Waals surface area contributed by atoms with Crippen LogP contribution in [-0.4, -0.2) is 5.78 Å². The SMILES string of the molecule is Cc1c(Cl)cccc1C(=O)Cc1cccc(F)c1F. The zero-order valence-corrected chi connectivity index (χ0v) is 11.0. The summed E-state index contributed by atoms with van der Waals surface area (Å²) < 4.78 is 26.6. The summed E-state index contributed by atoms with van der Waals surface area (Å²) in [6, 6.07) is 8.76. The average Bonchev–Trinajstić information content (AvgIpc) is 2.38. The zero-order valence-electron chi connectivity index (χ0n) is 10.2. The Bertz CT molecular complexity index is 638. The molecule has 0 radical (unpaired) electrons. The number of carbonyl (C=O) groups is 1. The van der Waals surface area contributed by atoms with Crippen molar-refractivity contribution in [2.45, 2.75) is 13.3 Å². The number of hydrogen-bond acceptors (Lipinski definition) is 1. The van der Waals surface area contributed by atoms with Gasteiger partial charge in [-0.05, 0) is 30.2 Å². The standard InChI is InChI=1S/C15H11ClF2O/c1-9-11(5-3-6-12(9)16)14(19)8-10-4-2-7-13(17)15(10)18/h2-7H,8H2,1H3. The molecule has 0 heterocycles. The van der Waals surface area contributed by atoms with E-state index in [4.69, 9.17) is 11.6 Å². The minimum atomic E-state index is -0.976. The highest BCUT2D eigenvalue weighted by Gasteiger charge is 2.15. The quantitative estimate of drug-likeness (QED) is 0.764. The number of carbonyl (C=O) groups excluding carboxylic acids is 1. The van der Waals surface area contributed by atoms with Crippen LogP contribution in [0, 0.1) is 18.6 Å². The smallest absolute Gasteiger partial charge is 0.167 e. The van der Waals surface area contributed by atoms with Gasteiger partial charge in [-0.3, -0.25) is 4.79 Å². The third-order valence-electron chi connectivity index (χ3n) is 2.95. The molecule has 0 aliphatic heterocycles. The lowest BCUT2D eigenvalue weighted by molar-refractivity contribution is 0.0991. The van der Waals surface area contributed by atoms with Crippen LogP contribution >= 0.6 is 11.6 Å². The van der Waals surface area contributed by atoms with E-state index in [0.717, 1.165) is 6.07 Å². The van der Waals surface area contributed by atoms with Crippen molar-refractivity contribution in [1.29, 1.82) is 0 Å². The van der Waals surface area contributed by atoms with Crippen LogP contribution in [0.3, 0.4) is 0 Å². The normalized spacial score (nSPS) is 10.5. The van der Waals surface area contributed by atoms with Crippen LogP contribution in [0.4, 0.5) is 8.78 Å². The second-order valence-electron chi connectivity index (χ2n) is 4.23. The summed E-state index contributed by atoms with van der Waals surface area (Å²) in [4.78, 5) is 12.1. The lowest BCUT2D eigenvalue weighted by Crippen LogP contribution is -2.08. The monoisotopic (exact) mass is 280 g/mol. The van der Waals surface area contributed by atoms with E-state index in [9.17, 15) is 13.6 Å². The zero-order chi connectivity index (χ0) is 14.0. The topological polar surface area (TPSA) is 17.1 Å². The molecule has 0 N–H and O–H groups in total. The maximum atomic E-state index is 13.5. The molecule has 0 aliphatic rings. The van der Waals surface area contributed by atoms with Gasteiger partial charge in [-0.25, -0.2) is 8.78 Å². The summed E-state index contributed by atoms with van der Waals surface area (Å²) in [5.41, 5.74) is 1.12. The minimum absolute atomic E-state index is 0.0457. The number of hydrogen-bond donors (Lipinski definition) is 0. The molecule has 2 aromatic rings. The molecule has 19 heavy (non-hydrogen) atoms. The molecule has 0 saturated carbocycles. The van der Waals surface area contributed by atoms with Gasteiger partial charge in [-0.2, -0.15) is 0 Å². The summed E-state index contributed by atoms with van der Waals surface area (Å²) in [5, 5.41) is 0.477. The van der Waals surface area contributed by atoms with E-state index < -0.39 is 11.6 Å². The van der Waals surface area contributed by atoms with Crippen molar-refractivity contribution in [3.63, 3.8) is 0 Å². The molecule has 2 rings (SSSR count). The summed E-state index contributed by atoms with van der Waals surface area (Å²) in [6.45, 7) is 1.72. The average molecular weight is 281 g/mol. The fraction of sp³-hybridized carbons (Fsp3) is 0.133. The number of Topliss-reactive ketones (excluding diaryl/α,β-unsaturated/α-hetero) is 1. The minimum Gasteiger partial charge on any atom is -0.294 e. The van der Waals surface area contributed by atoms with Crippen molar-refractivity contribution in [2.24, 2.45) is 0 Å². The van der Waals surface area contributed by atoms with Gasteiger partial charge in [0, 0.05) is 17.0 Å². The van der Waals surface area contributed by atoms with Crippen molar-refractivity contribution in [3.05, 3.63) is 69.7 Å². The van der Waals surface area contributed by atoms with Crippen molar-refractivity contribution in [3.8, 4) is 0 Å². The summed E-state index contributed by atoms with van der Waals surface area (Å²) >= 11 is 5.93. The first kappa shape index (κ1) is 13.7. The Morgan fingerprint density at radius 1 is 1.16 bits per heavy atom. The Morgan fingerprint density at radius 3 is 2.58 bits per heavy atom. The largest absolute Gasteiger partial charge is 0.294 e. The van der Waals surface area contributed by atoms with Gasteiger partial charge in [0.15, 0.2) is 17.4 Å². The molecule has 2 aromatic carbocycles. The first-order chi connectivity index (χ1) is 9.00. The number of ketones is 1. The Labute approximate surface area is 114 Å². The lowest BCUT2D eigenvalue weighted by atomic mass is 9.99. The summed E-state index contributed by atoms with van der Waals surface area (Å²) in [6.07, 6.45) is -0.190. The highest BCUT2D eigenvalue weighted by atomic mass is 35.5. The van der Waals surface area contributed by atoms with Crippen molar-refractivity contribution in [2.75, 3.05) is 0 Å². The molecular weight excluding hydrogens is 270 g/mol. The Hall–Kier alpha value is -1.74. The summed E-state index contributed by atoms with van der Waals surface area (Å²) in [5.74, 6) is -2.21. The van der Waals surface area contributed by atoms with E-state index in [-0.39, 0.29) is 17.8 Å². The van der Waals surface area contributed by atoms with Crippen LogP contribution in [0.1, 0.15) is 21.5 Å². The van der Waals surface area contributed by atoms with E-state index in [1.807, 2.05) is 0 Å². The maximum Gasteiger partial charge on any atom is 0.167 e. The fourth-order valence-corrected chi connectivity index (χ4v) is 2.04. The van der Waals surface area contributed by atoms with Gasteiger partial charge in [0.25, 0.3) is 0 Å². The molecule has 0 saturated heterocycles. The van der Waals surface area contributed by atoms with Crippen LogP contribution in [0.15, 0.2) is 36.4 Å². The van der Waals surface area contributed by atoms with Crippen LogP contribution in [0.25, 0.3) is 0 Å². The lowest BCUT2D eigenvalue weighted by Gasteiger charge is -2.07. The van der Waals surface area contributed by atoms with Crippen LogP contribution in [0.5, 0.6) is 0 Å². The van der Waals surface area contributed by atoms with E-state index in [1.54, 1.807) is 25.1 Å². The van der Waals surface area contributed by atoms with E-state index in [2.05, 4.69) is 0 Å². The van der Waals surface area contributed by atoms with Gasteiger partial charge in [0.05, 0.1) is 0 Å². The van der Waals surface area contributed by atoms with E-state index in [0.29, 0.717) is 16.1 Å². The van der Waals surface area contributed by atoms with Gasteiger partial charge in [0.2, 0.25) is 0 Å². The van der Waals surface area contributed by atoms with Crippen LogP contribution in [-0.2, 0) is 6.42 Å².